The highest BCUT2D eigenvalue weighted by Gasteiger charge is 2.39. The molecule has 170 valence electrons. The zero-order valence-electron chi connectivity index (χ0n) is 17.5. The number of rotatable bonds is 4. The second kappa shape index (κ2) is 8.54. The number of fused-ring (bicyclic) bond motifs is 2. The smallest absolute Gasteiger partial charge is 0.450 e. The molecule has 0 fully saturated rings. The quantitative estimate of drug-likeness (QED) is 0.263. The number of alkyl halides is 3. The van der Waals surface area contributed by atoms with Gasteiger partial charge in [-0.05, 0) is 46.2 Å². The summed E-state index contributed by atoms with van der Waals surface area (Å²) < 4.78 is 53.2. The average Bonchev–Trinajstić information content (AvgIpc) is 2.83. The van der Waals surface area contributed by atoms with Crippen LogP contribution in [0.1, 0.15) is 11.3 Å². The topological polar surface area (TPSA) is 39.4 Å². The molecule has 0 N–H and O–H groups in total. The van der Waals surface area contributed by atoms with Crippen LogP contribution in [0.5, 0.6) is 5.75 Å². The standard InChI is InChI=1S/C27H16ClF3O3/c28-18-10-8-16(9-11-18)15-33-19-12-13-22-23(14-19)34-26(27(29,30)31)24(25(22)32)21-7-3-5-17-4-1-2-6-20(17)21/h1-14H,15H2. The van der Waals surface area contributed by atoms with Gasteiger partial charge in [0.05, 0.1) is 10.9 Å². The van der Waals surface area contributed by atoms with E-state index < -0.39 is 22.9 Å². The van der Waals surface area contributed by atoms with Crippen LogP contribution in [-0.2, 0) is 12.8 Å². The Morgan fingerprint density at radius 1 is 0.853 bits per heavy atom. The lowest BCUT2D eigenvalue weighted by molar-refractivity contribution is -0.152. The Balaban J connectivity index is 1.64. The van der Waals surface area contributed by atoms with E-state index in [4.69, 9.17) is 20.8 Å². The first-order valence-electron chi connectivity index (χ1n) is 10.3. The molecule has 34 heavy (non-hydrogen) atoms. The van der Waals surface area contributed by atoms with Crippen LogP contribution in [-0.4, -0.2) is 0 Å². The van der Waals surface area contributed by atoms with Crippen LogP contribution >= 0.6 is 11.6 Å². The number of ether oxygens (including phenoxy) is 1. The van der Waals surface area contributed by atoms with Crippen LogP contribution in [0.2, 0.25) is 5.02 Å². The molecule has 0 aliphatic rings. The fourth-order valence-corrected chi connectivity index (χ4v) is 4.02. The van der Waals surface area contributed by atoms with Crippen molar-refractivity contribution in [3.63, 3.8) is 0 Å². The van der Waals surface area contributed by atoms with Gasteiger partial charge in [0.25, 0.3) is 0 Å². The van der Waals surface area contributed by atoms with Gasteiger partial charge in [0.2, 0.25) is 11.2 Å². The van der Waals surface area contributed by atoms with Crippen LogP contribution in [0.25, 0.3) is 32.9 Å². The van der Waals surface area contributed by atoms with Gasteiger partial charge in [0.1, 0.15) is 17.9 Å². The van der Waals surface area contributed by atoms with Crippen molar-refractivity contribution in [3.8, 4) is 16.9 Å². The first-order chi connectivity index (χ1) is 16.3. The highest BCUT2D eigenvalue weighted by molar-refractivity contribution is 6.30. The Morgan fingerprint density at radius 2 is 1.59 bits per heavy atom. The van der Waals surface area contributed by atoms with Gasteiger partial charge in [-0.1, -0.05) is 66.2 Å². The molecule has 4 aromatic carbocycles. The molecule has 0 unspecified atom stereocenters. The Labute approximate surface area is 197 Å². The maximum Gasteiger partial charge on any atom is 0.450 e. The molecule has 0 aliphatic carbocycles. The molecule has 0 saturated carbocycles. The van der Waals surface area contributed by atoms with E-state index in [9.17, 15) is 18.0 Å². The normalized spacial score (nSPS) is 11.8. The third-order valence-electron chi connectivity index (χ3n) is 5.50. The molecule has 0 saturated heterocycles. The van der Waals surface area contributed by atoms with Crippen LogP contribution in [0.15, 0.2) is 94.1 Å². The third kappa shape index (κ3) is 4.13. The molecule has 0 bridgehead atoms. The Hall–Kier alpha value is -3.77. The van der Waals surface area contributed by atoms with E-state index in [0.717, 1.165) is 10.9 Å². The summed E-state index contributed by atoms with van der Waals surface area (Å²) in [6.07, 6.45) is -4.88. The van der Waals surface area contributed by atoms with Crippen molar-refractivity contribution in [3.05, 3.63) is 111 Å². The zero-order valence-corrected chi connectivity index (χ0v) is 18.3. The summed E-state index contributed by atoms with van der Waals surface area (Å²) in [5, 5.41) is 1.87. The van der Waals surface area contributed by atoms with Crippen molar-refractivity contribution >= 4 is 33.3 Å². The summed E-state index contributed by atoms with van der Waals surface area (Å²) in [5.74, 6) is -1.06. The SMILES string of the molecule is O=c1c(-c2cccc3ccccc23)c(C(F)(F)F)oc2cc(OCc3ccc(Cl)cc3)ccc12. The number of halogens is 4. The maximum atomic E-state index is 14.1. The van der Waals surface area contributed by atoms with Gasteiger partial charge in [-0.25, -0.2) is 0 Å². The number of hydrogen-bond donors (Lipinski definition) is 0. The van der Waals surface area contributed by atoms with E-state index in [1.165, 1.54) is 24.3 Å². The summed E-state index contributed by atoms with van der Waals surface area (Å²) in [6, 6.07) is 23.1. The molecule has 0 radical (unpaired) electrons. The molecule has 7 heteroatoms. The summed E-state index contributed by atoms with van der Waals surface area (Å²) in [5.41, 5.74) is -0.465. The van der Waals surface area contributed by atoms with Crippen molar-refractivity contribution in [2.45, 2.75) is 12.8 Å². The van der Waals surface area contributed by atoms with Gasteiger partial charge < -0.3 is 9.15 Å². The Bertz CT molecular complexity index is 1570. The lowest BCUT2D eigenvalue weighted by Crippen LogP contribution is -2.16. The van der Waals surface area contributed by atoms with Gasteiger partial charge in [0, 0.05) is 11.1 Å². The summed E-state index contributed by atoms with van der Waals surface area (Å²) in [4.78, 5) is 13.3. The molecule has 5 rings (SSSR count). The molecular formula is C27H16ClF3O3. The zero-order chi connectivity index (χ0) is 23.9. The highest BCUT2D eigenvalue weighted by Crippen LogP contribution is 2.39. The second-order valence-electron chi connectivity index (χ2n) is 7.73. The molecule has 0 amide bonds. The van der Waals surface area contributed by atoms with E-state index in [1.54, 1.807) is 60.7 Å². The monoisotopic (exact) mass is 480 g/mol. The fraction of sp³-hybridized carbons (Fsp3) is 0.0741. The van der Waals surface area contributed by atoms with Crippen molar-refractivity contribution in [2.24, 2.45) is 0 Å². The molecule has 5 aromatic rings. The van der Waals surface area contributed by atoms with E-state index in [0.29, 0.717) is 10.4 Å². The minimum absolute atomic E-state index is 0.0368. The highest BCUT2D eigenvalue weighted by atomic mass is 35.5. The van der Waals surface area contributed by atoms with Crippen molar-refractivity contribution in [1.82, 2.24) is 0 Å². The molecule has 0 atom stereocenters. The molecular weight excluding hydrogens is 465 g/mol. The number of hydrogen-bond acceptors (Lipinski definition) is 3. The predicted octanol–water partition coefficient (Wildman–Crippen LogP) is 7.86. The predicted molar refractivity (Wildman–Crippen MR) is 126 cm³/mol. The van der Waals surface area contributed by atoms with Crippen LogP contribution < -0.4 is 10.2 Å². The summed E-state index contributed by atoms with van der Waals surface area (Å²) in [7, 11) is 0. The maximum absolute atomic E-state index is 14.1. The van der Waals surface area contributed by atoms with Gasteiger partial charge in [-0.3, -0.25) is 4.79 Å². The van der Waals surface area contributed by atoms with E-state index in [-0.39, 0.29) is 28.9 Å². The first kappa shape index (κ1) is 22.0. The molecule has 1 heterocycles. The summed E-state index contributed by atoms with van der Waals surface area (Å²) in [6.45, 7) is 0.174. The van der Waals surface area contributed by atoms with Gasteiger partial charge in [-0.2, -0.15) is 13.2 Å². The lowest BCUT2D eigenvalue weighted by atomic mass is 9.96. The lowest BCUT2D eigenvalue weighted by Gasteiger charge is -2.15. The second-order valence-corrected chi connectivity index (χ2v) is 8.17. The number of benzene rings is 4. The van der Waals surface area contributed by atoms with E-state index in [2.05, 4.69) is 0 Å². The van der Waals surface area contributed by atoms with Crippen LogP contribution in [0.4, 0.5) is 13.2 Å². The van der Waals surface area contributed by atoms with Crippen molar-refractivity contribution in [2.75, 3.05) is 0 Å². The minimum Gasteiger partial charge on any atom is -0.489 e. The average molecular weight is 481 g/mol. The van der Waals surface area contributed by atoms with Crippen molar-refractivity contribution < 1.29 is 22.3 Å². The molecule has 1 aromatic heterocycles. The Morgan fingerprint density at radius 3 is 2.35 bits per heavy atom. The molecule has 3 nitrogen and oxygen atoms in total. The van der Waals surface area contributed by atoms with Gasteiger partial charge in [0.15, 0.2) is 0 Å². The molecule has 0 spiro atoms. The van der Waals surface area contributed by atoms with Crippen LogP contribution in [0.3, 0.4) is 0 Å². The summed E-state index contributed by atoms with van der Waals surface area (Å²) >= 11 is 5.88. The third-order valence-corrected chi connectivity index (χ3v) is 5.75. The minimum atomic E-state index is -4.88. The van der Waals surface area contributed by atoms with Gasteiger partial charge in [-0.15, -0.1) is 0 Å². The van der Waals surface area contributed by atoms with E-state index in [1.807, 2.05) is 0 Å². The van der Waals surface area contributed by atoms with Crippen molar-refractivity contribution in [1.29, 1.82) is 0 Å². The Kier molecular flexibility index (Phi) is 5.54. The van der Waals surface area contributed by atoms with E-state index >= 15 is 0 Å². The van der Waals surface area contributed by atoms with Crippen LogP contribution in [0, 0.1) is 0 Å². The first-order valence-corrected chi connectivity index (χ1v) is 10.7. The largest absolute Gasteiger partial charge is 0.489 e. The fourth-order valence-electron chi connectivity index (χ4n) is 3.90. The molecule has 0 aliphatic heterocycles. The van der Waals surface area contributed by atoms with Gasteiger partial charge >= 0.3 is 6.18 Å².